The Morgan fingerprint density at radius 2 is 1.41 bits per heavy atom. The average Bonchev–Trinajstić information content (AvgIpc) is 2.50. The highest BCUT2D eigenvalue weighted by atomic mass is 16.4. The van der Waals surface area contributed by atoms with Gasteiger partial charge in [-0.2, -0.15) is 0 Å². The molecule has 0 fully saturated rings. The number of carboxylic acids is 1. The molecule has 0 aliphatic rings. The van der Waals surface area contributed by atoms with Crippen LogP contribution in [-0.2, 0) is 9.59 Å². The van der Waals surface area contributed by atoms with Gasteiger partial charge in [0.1, 0.15) is 11.8 Å². The summed E-state index contributed by atoms with van der Waals surface area (Å²) in [7, 11) is 0. The maximum atomic E-state index is 11.8. The van der Waals surface area contributed by atoms with Crippen molar-refractivity contribution in [2.75, 3.05) is 0 Å². The van der Waals surface area contributed by atoms with E-state index in [4.69, 9.17) is 10.8 Å². The highest BCUT2D eigenvalue weighted by Gasteiger charge is 2.20. The summed E-state index contributed by atoms with van der Waals surface area (Å²) in [6, 6.07) is -0.861. The molecule has 0 radical (unpaired) electrons. The molecule has 0 aromatic rings. The summed E-state index contributed by atoms with van der Waals surface area (Å²) in [6.07, 6.45) is 12.9. The molecule has 2 atom stereocenters. The van der Waals surface area contributed by atoms with Gasteiger partial charge >= 0.3 is 5.97 Å². The molecule has 0 rings (SSSR count). The molecule has 0 amide bonds. The number of carbonyl (C=O) groups excluding carboxylic acids is 1. The number of unbranched alkanes of at least 4 members (excludes halogenated alkanes) is 8. The first-order valence-electron chi connectivity index (χ1n) is 8.99. The molecule has 0 saturated heterocycles. The van der Waals surface area contributed by atoms with E-state index in [1.807, 2.05) is 0 Å². The molecular formula is C18H35NO3. The fourth-order valence-electron chi connectivity index (χ4n) is 2.57. The molecule has 0 saturated carbocycles. The van der Waals surface area contributed by atoms with E-state index in [0.29, 0.717) is 19.3 Å². The molecule has 0 spiro atoms. The van der Waals surface area contributed by atoms with E-state index in [-0.39, 0.29) is 11.7 Å². The summed E-state index contributed by atoms with van der Waals surface area (Å²) in [6.45, 7) is 4.03. The number of carbonyl (C=O) groups is 2. The van der Waals surface area contributed by atoms with Crippen molar-refractivity contribution < 1.29 is 14.7 Å². The van der Waals surface area contributed by atoms with Crippen LogP contribution in [0.4, 0.5) is 0 Å². The topological polar surface area (TPSA) is 80.4 Å². The minimum absolute atomic E-state index is 0.149. The Kier molecular flexibility index (Phi) is 13.2. The van der Waals surface area contributed by atoms with Gasteiger partial charge in [0.25, 0.3) is 0 Å². The van der Waals surface area contributed by atoms with Crippen LogP contribution in [0, 0.1) is 5.92 Å². The van der Waals surface area contributed by atoms with Crippen LogP contribution in [0.2, 0.25) is 0 Å². The Morgan fingerprint density at radius 3 is 1.91 bits per heavy atom. The molecule has 0 aliphatic heterocycles. The zero-order valence-corrected chi connectivity index (χ0v) is 14.5. The number of aliphatic carboxylic acids is 1. The number of ketones is 1. The van der Waals surface area contributed by atoms with E-state index in [2.05, 4.69) is 6.92 Å². The standard InChI is InChI=1S/C18H35NO3/c1-3-4-5-6-7-8-9-10-11-12-16(20)14-13-15(2)17(19)18(21)22/h15,17H,3-14,19H2,1-2H3,(H,21,22)/t15-,17-/m0/s1. The van der Waals surface area contributed by atoms with Crippen LogP contribution in [0.3, 0.4) is 0 Å². The third-order valence-electron chi connectivity index (χ3n) is 4.34. The molecule has 0 unspecified atom stereocenters. The van der Waals surface area contributed by atoms with Gasteiger partial charge < -0.3 is 10.8 Å². The number of hydrogen-bond acceptors (Lipinski definition) is 3. The highest BCUT2D eigenvalue weighted by Crippen LogP contribution is 2.14. The van der Waals surface area contributed by atoms with E-state index in [9.17, 15) is 9.59 Å². The normalized spacial score (nSPS) is 13.8. The van der Waals surface area contributed by atoms with E-state index < -0.39 is 12.0 Å². The van der Waals surface area contributed by atoms with Crippen LogP contribution in [0.15, 0.2) is 0 Å². The number of nitrogens with two attached hydrogens (primary N) is 1. The van der Waals surface area contributed by atoms with E-state index in [0.717, 1.165) is 12.8 Å². The van der Waals surface area contributed by atoms with Gasteiger partial charge in [0.2, 0.25) is 0 Å². The third kappa shape index (κ3) is 11.7. The fourth-order valence-corrected chi connectivity index (χ4v) is 2.57. The summed E-state index contributed by atoms with van der Waals surface area (Å²) in [4.78, 5) is 22.5. The third-order valence-corrected chi connectivity index (χ3v) is 4.34. The first kappa shape index (κ1) is 21.1. The monoisotopic (exact) mass is 313 g/mol. The van der Waals surface area contributed by atoms with Crippen molar-refractivity contribution in [2.24, 2.45) is 11.7 Å². The quantitative estimate of drug-likeness (QED) is 0.442. The predicted octanol–water partition coefficient (Wildman–Crippen LogP) is 4.30. The molecule has 0 heterocycles. The lowest BCUT2D eigenvalue weighted by Crippen LogP contribution is -2.36. The number of Topliss-reactive ketones (excluding diaryl/α,β-unsaturated/α-hetero) is 1. The second-order valence-corrected chi connectivity index (χ2v) is 6.50. The summed E-state index contributed by atoms with van der Waals surface area (Å²) in [5, 5.41) is 8.80. The molecule has 4 heteroatoms. The first-order chi connectivity index (χ1) is 10.5. The molecule has 0 bridgehead atoms. The second kappa shape index (κ2) is 13.7. The minimum Gasteiger partial charge on any atom is -0.480 e. The van der Waals surface area contributed by atoms with E-state index in [1.165, 1.54) is 44.9 Å². The van der Waals surface area contributed by atoms with Crippen molar-refractivity contribution in [3.63, 3.8) is 0 Å². The predicted molar refractivity (Wildman–Crippen MR) is 90.9 cm³/mol. The lowest BCUT2D eigenvalue weighted by molar-refractivity contribution is -0.140. The summed E-state index contributed by atoms with van der Waals surface area (Å²) >= 11 is 0. The second-order valence-electron chi connectivity index (χ2n) is 6.50. The summed E-state index contributed by atoms with van der Waals surface area (Å²) < 4.78 is 0. The zero-order valence-electron chi connectivity index (χ0n) is 14.5. The van der Waals surface area contributed by atoms with Gasteiger partial charge in [-0.05, 0) is 18.8 Å². The fraction of sp³-hybridized carbons (Fsp3) is 0.889. The van der Waals surface area contributed by atoms with Crippen LogP contribution < -0.4 is 5.73 Å². The van der Waals surface area contributed by atoms with Gasteiger partial charge in [-0.3, -0.25) is 9.59 Å². The van der Waals surface area contributed by atoms with Gasteiger partial charge in [-0.25, -0.2) is 0 Å². The van der Waals surface area contributed by atoms with Gasteiger partial charge in [0.05, 0.1) is 0 Å². The van der Waals surface area contributed by atoms with Crippen molar-refractivity contribution >= 4 is 11.8 Å². The van der Waals surface area contributed by atoms with Crippen LogP contribution in [0.1, 0.15) is 90.9 Å². The Hall–Kier alpha value is -0.900. The largest absolute Gasteiger partial charge is 0.480 e. The zero-order chi connectivity index (χ0) is 16.8. The Morgan fingerprint density at radius 1 is 0.909 bits per heavy atom. The number of hydrogen-bond donors (Lipinski definition) is 2. The minimum atomic E-state index is -0.987. The molecular weight excluding hydrogens is 278 g/mol. The lowest BCUT2D eigenvalue weighted by atomic mass is 9.95. The van der Waals surface area contributed by atoms with Crippen molar-refractivity contribution in [3.05, 3.63) is 0 Å². The molecule has 0 aliphatic carbocycles. The highest BCUT2D eigenvalue weighted by molar-refractivity contribution is 5.78. The van der Waals surface area contributed by atoms with Crippen molar-refractivity contribution in [1.29, 1.82) is 0 Å². The van der Waals surface area contributed by atoms with Gasteiger partial charge in [0, 0.05) is 12.8 Å². The maximum absolute atomic E-state index is 11.8. The molecule has 4 nitrogen and oxygen atoms in total. The summed E-state index contributed by atoms with van der Waals surface area (Å²) in [5.41, 5.74) is 5.53. The first-order valence-corrected chi connectivity index (χ1v) is 8.99. The van der Waals surface area contributed by atoms with Gasteiger partial charge in [0.15, 0.2) is 0 Å². The van der Waals surface area contributed by atoms with Crippen molar-refractivity contribution in [1.82, 2.24) is 0 Å². The molecule has 0 aromatic carbocycles. The number of rotatable bonds is 15. The average molecular weight is 313 g/mol. The van der Waals surface area contributed by atoms with Crippen molar-refractivity contribution in [3.8, 4) is 0 Å². The Bertz CT molecular complexity index is 305. The Balaban J connectivity index is 3.45. The maximum Gasteiger partial charge on any atom is 0.320 e. The molecule has 130 valence electrons. The summed E-state index contributed by atoms with van der Waals surface area (Å²) in [5.74, 6) is -0.893. The molecule has 0 aromatic heterocycles. The van der Waals surface area contributed by atoms with Crippen molar-refractivity contribution in [2.45, 2.75) is 96.9 Å². The molecule has 3 N–H and O–H groups in total. The number of carboxylic acid groups (broad SMARTS) is 1. The van der Waals surface area contributed by atoms with E-state index in [1.54, 1.807) is 6.92 Å². The SMILES string of the molecule is CCCCCCCCCCCC(=O)CC[C@H](C)[C@H](N)C(=O)O. The Labute approximate surface area is 135 Å². The van der Waals surface area contributed by atoms with Gasteiger partial charge in [-0.15, -0.1) is 0 Å². The van der Waals surface area contributed by atoms with Gasteiger partial charge in [-0.1, -0.05) is 65.2 Å². The van der Waals surface area contributed by atoms with Crippen LogP contribution >= 0.6 is 0 Å². The van der Waals surface area contributed by atoms with Crippen LogP contribution in [-0.4, -0.2) is 22.9 Å². The molecule has 22 heavy (non-hydrogen) atoms. The van der Waals surface area contributed by atoms with Crippen LogP contribution in [0.5, 0.6) is 0 Å². The van der Waals surface area contributed by atoms with E-state index >= 15 is 0 Å². The van der Waals surface area contributed by atoms with Crippen LogP contribution in [0.25, 0.3) is 0 Å². The smallest absolute Gasteiger partial charge is 0.320 e. The lowest BCUT2D eigenvalue weighted by Gasteiger charge is -2.14.